The van der Waals surface area contributed by atoms with Gasteiger partial charge in [-0.3, -0.25) is 14.4 Å². The van der Waals surface area contributed by atoms with Crippen molar-refractivity contribution >= 4 is 51.3 Å². The number of hydrogen-bond donors (Lipinski definition) is 1. The van der Waals surface area contributed by atoms with E-state index in [9.17, 15) is 14.4 Å². The Labute approximate surface area is 223 Å². The highest BCUT2D eigenvalue weighted by Gasteiger charge is 2.38. The van der Waals surface area contributed by atoms with Gasteiger partial charge in [0.1, 0.15) is 5.78 Å². The van der Waals surface area contributed by atoms with E-state index in [-0.39, 0.29) is 29.2 Å². The lowest BCUT2D eigenvalue weighted by molar-refractivity contribution is -0.124. The Bertz CT molecular complexity index is 1380. The van der Waals surface area contributed by atoms with E-state index in [4.69, 9.17) is 0 Å². The Morgan fingerprint density at radius 2 is 1.13 bits per heavy atom. The van der Waals surface area contributed by atoms with Crippen LogP contribution in [0.1, 0.15) is 25.7 Å². The van der Waals surface area contributed by atoms with Crippen LogP contribution in [0, 0.1) is 5.92 Å². The summed E-state index contributed by atoms with van der Waals surface area (Å²) >= 11 is 0. The van der Waals surface area contributed by atoms with Gasteiger partial charge < -0.3 is 5.32 Å². The molecule has 1 saturated carbocycles. The fourth-order valence-electron chi connectivity index (χ4n) is 5.39. The van der Waals surface area contributed by atoms with Crippen molar-refractivity contribution in [1.29, 1.82) is 0 Å². The first kappa shape index (κ1) is 25.6. The number of amides is 1. The van der Waals surface area contributed by atoms with E-state index in [1.54, 1.807) is 0 Å². The van der Waals surface area contributed by atoms with Gasteiger partial charge in [-0.05, 0) is 47.8 Å². The lowest BCUT2D eigenvalue weighted by Crippen LogP contribution is -2.40. The Hall–Kier alpha value is -4.01. The van der Waals surface area contributed by atoms with Crippen LogP contribution in [0.4, 0.5) is 5.69 Å². The van der Waals surface area contributed by atoms with E-state index in [1.165, 1.54) is 0 Å². The number of hydrogen-bond acceptors (Lipinski definition) is 3. The number of para-hydroxylation sites is 1. The van der Waals surface area contributed by atoms with Gasteiger partial charge in [0.25, 0.3) is 5.91 Å². The summed E-state index contributed by atoms with van der Waals surface area (Å²) in [6.07, 6.45) is 2.02. The van der Waals surface area contributed by atoms with Gasteiger partial charge in [0.05, 0.1) is 5.29 Å². The zero-order valence-corrected chi connectivity index (χ0v) is 22.0. The summed E-state index contributed by atoms with van der Waals surface area (Å²) < 4.78 is 0. The second-order valence-corrected chi connectivity index (χ2v) is 12.9. The molecule has 1 atom stereocenters. The maximum absolute atomic E-state index is 14.4. The quantitative estimate of drug-likeness (QED) is 0.260. The molecule has 0 saturated heterocycles. The first-order chi connectivity index (χ1) is 18.6. The maximum Gasteiger partial charge on any atom is 0.260 e. The van der Waals surface area contributed by atoms with E-state index in [2.05, 4.69) is 5.32 Å². The average molecular weight is 520 g/mol. The van der Waals surface area contributed by atoms with E-state index in [1.807, 2.05) is 121 Å². The lowest BCUT2D eigenvalue weighted by atomic mass is 9.98. The van der Waals surface area contributed by atoms with Crippen molar-refractivity contribution in [2.75, 3.05) is 5.32 Å². The van der Waals surface area contributed by atoms with E-state index in [0.29, 0.717) is 18.5 Å². The van der Waals surface area contributed by atoms with Crippen LogP contribution in [0.25, 0.3) is 0 Å². The minimum Gasteiger partial charge on any atom is -0.322 e. The predicted molar refractivity (Wildman–Crippen MR) is 157 cm³/mol. The van der Waals surface area contributed by atoms with Gasteiger partial charge in [-0.2, -0.15) is 0 Å². The highest BCUT2D eigenvalue weighted by molar-refractivity contribution is 7.97. The zero-order valence-electron chi connectivity index (χ0n) is 21.1. The van der Waals surface area contributed by atoms with Crippen molar-refractivity contribution in [2.45, 2.75) is 25.7 Å². The van der Waals surface area contributed by atoms with Gasteiger partial charge in [-0.15, -0.1) is 0 Å². The molecule has 1 unspecified atom stereocenters. The van der Waals surface area contributed by atoms with Crippen LogP contribution in [0.3, 0.4) is 0 Å². The third-order valence-corrected chi connectivity index (χ3v) is 11.5. The van der Waals surface area contributed by atoms with Crippen molar-refractivity contribution in [3.05, 3.63) is 121 Å². The monoisotopic (exact) mass is 519 g/mol. The van der Waals surface area contributed by atoms with Crippen molar-refractivity contribution in [1.82, 2.24) is 0 Å². The van der Waals surface area contributed by atoms with Crippen LogP contribution in [0.5, 0.6) is 0 Å². The van der Waals surface area contributed by atoms with Crippen molar-refractivity contribution in [2.24, 2.45) is 5.92 Å². The average Bonchev–Trinajstić information content (AvgIpc) is 3.37. The summed E-state index contributed by atoms with van der Waals surface area (Å²) in [6, 6.07) is 38.8. The van der Waals surface area contributed by atoms with Crippen molar-refractivity contribution in [3.8, 4) is 0 Å². The fourth-order valence-corrected chi connectivity index (χ4v) is 9.74. The summed E-state index contributed by atoms with van der Waals surface area (Å²) in [5.41, 5.74) is 0.618. The largest absolute Gasteiger partial charge is 0.322 e. The van der Waals surface area contributed by atoms with Crippen molar-refractivity contribution < 1.29 is 14.4 Å². The molecule has 5 heteroatoms. The molecule has 0 aromatic heterocycles. The highest BCUT2D eigenvalue weighted by atomic mass is 31.2. The summed E-state index contributed by atoms with van der Waals surface area (Å²) in [6.45, 7) is -2.95. The standard InChI is InChI=1S/C33H30NO3P/c35-30-23-13-14-25(30)24-31(36)32(33(37)34-26-15-5-1-6-16-26)38(27-17-7-2-8-18-27,28-19-9-3-10-20-28)29-21-11-4-12-22-29/h1-12,15-22,25H,13-14,23-24H2,(H,34,37). The molecule has 0 aliphatic heterocycles. The van der Waals surface area contributed by atoms with Gasteiger partial charge in [0.2, 0.25) is 0 Å². The molecule has 0 radical (unpaired) electrons. The number of benzene rings is 4. The van der Waals surface area contributed by atoms with E-state index in [0.717, 1.165) is 22.3 Å². The van der Waals surface area contributed by atoms with Gasteiger partial charge in [-0.1, -0.05) is 109 Å². The second kappa shape index (κ2) is 11.6. The molecule has 5 rings (SSSR count). The minimum atomic E-state index is -2.95. The molecule has 4 aromatic carbocycles. The van der Waals surface area contributed by atoms with E-state index >= 15 is 0 Å². The fraction of sp³-hybridized carbons (Fsp3) is 0.152. The number of anilines is 1. The number of Topliss-reactive ketones (excluding diaryl/α,β-unsaturated/α-hetero) is 2. The smallest absolute Gasteiger partial charge is 0.260 e. The molecule has 38 heavy (non-hydrogen) atoms. The van der Waals surface area contributed by atoms with Gasteiger partial charge >= 0.3 is 0 Å². The van der Waals surface area contributed by atoms with Gasteiger partial charge in [-0.25, -0.2) is 0 Å². The number of nitrogens with one attached hydrogen (secondary N) is 1. The van der Waals surface area contributed by atoms with Gasteiger partial charge in [0.15, 0.2) is 5.78 Å². The number of carbonyl (C=O) groups is 3. The third kappa shape index (κ3) is 5.05. The number of rotatable bonds is 8. The Morgan fingerprint density at radius 1 is 0.684 bits per heavy atom. The molecule has 190 valence electrons. The molecule has 0 heterocycles. The molecule has 1 aliphatic rings. The molecule has 4 nitrogen and oxygen atoms in total. The van der Waals surface area contributed by atoms with E-state index < -0.39 is 12.8 Å². The topological polar surface area (TPSA) is 63.2 Å². The number of ketones is 2. The summed E-state index contributed by atoms with van der Waals surface area (Å²) in [4.78, 5) is 41.4. The molecule has 1 aliphatic carbocycles. The second-order valence-electron chi connectivity index (χ2n) is 9.53. The molecule has 1 N–H and O–H groups in total. The Balaban J connectivity index is 1.86. The third-order valence-electron chi connectivity index (χ3n) is 7.14. The summed E-state index contributed by atoms with van der Waals surface area (Å²) in [7, 11) is 0. The van der Waals surface area contributed by atoms with Crippen LogP contribution in [0.2, 0.25) is 0 Å². The first-order valence-electron chi connectivity index (χ1n) is 13.0. The van der Waals surface area contributed by atoms with Crippen LogP contribution in [-0.4, -0.2) is 22.8 Å². The molecular formula is C33H30NO3P. The van der Waals surface area contributed by atoms with Gasteiger partial charge in [0, 0.05) is 24.4 Å². The zero-order chi connectivity index (χ0) is 26.4. The van der Waals surface area contributed by atoms with Crippen LogP contribution in [0.15, 0.2) is 121 Å². The first-order valence-corrected chi connectivity index (χ1v) is 14.8. The van der Waals surface area contributed by atoms with Crippen LogP contribution < -0.4 is 21.2 Å². The Morgan fingerprint density at radius 3 is 1.55 bits per heavy atom. The van der Waals surface area contributed by atoms with Crippen LogP contribution in [-0.2, 0) is 14.4 Å². The molecule has 1 fully saturated rings. The summed E-state index contributed by atoms with van der Waals surface area (Å²) in [5, 5.41) is 6.00. The number of carbonyl (C=O) groups excluding carboxylic acids is 3. The molecule has 0 spiro atoms. The normalized spacial score (nSPS) is 15.2. The lowest BCUT2D eigenvalue weighted by Gasteiger charge is -2.32. The summed E-state index contributed by atoms with van der Waals surface area (Å²) in [5.74, 6) is -0.907. The highest BCUT2D eigenvalue weighted by Crippen LogP contribution is 2.47. The van der Waals surface area contributed by atoms with Crippen LogP contribution >= 0.6 is 6.89 Å². The predicted octanol–water partition coefficient (Wildman–Crippen LogP) is 5.12. The minimum absolute atomic E-state index is 0.0463. The molecule has 4 aromatic rings. The molecule has 1 amide bonds. The SMILES string of the molecule is O=C(CC1CCCC1=O)C(C(=O)Nc1ccccc1)=P(c1ccccc1)(c1ccccc1)c1ccccc1. The molecular weight excluding hydrogens is 489 g/mol. The maximum atomic E-state index is 14.4. The molecule has 0 bridgehead atoms. The Kier molecular flexibility index (Phi) is 7.81. The van der Waals surface area contributed by atoms with Crippen molar-refractivity contribution in [3.63, 3.8) is 0 Å².